The van der Waals surface area contributed by atoms with Gasteiger partial charge in [-0.15, -0.1) is 0 Å². The highest BCUT2D eigenvalue weighted by Gasteiger charge is 2.13. The number of nitrogens with one attached hydrogen (secondary N) is 2. The number of hydrogen-bond donors (Lipinski definition) is 2. The van der Waals surface area contributed by atoms with Gasteiger partial charge in [0, 0.05) is 11.4 Å². The number of fused-ring (bicyclic) bond motifs is 1. The minimum absolute atomic E-state index is 0.383. The third-order valence-electron chi connectivity index (χ3n) is 3.55. The highest BCUT2D eigenvalue weighted by atomic mass is 15.4. The molecule has 0 saturated heterocycles. The smallest absolute Gasteiger partial charge is 0.233 e. The number of hydrogen-bond acceptors (Lipinski definition) is 6. The SMILES string of the molecule is N#Cc1cnn2c(Nc3ccccc3)nc(Nc3ccccc3)nc12. The molecule has 0 fully saturated rings. The van der Waals surface area contributed by atoms with Crippen molar-refractivity contribution in [3.05, 3.63) is 72.4 Å². The molecular weight excluding hydrogens is 314 g/mol. The fraction of sp³-hybridized carbons (Fsp3) is 0. The van der Waals surface area contributed by atoms with E-state index < -0.39 is 0 Å². The second kappa shape index (κ2) is 6.29. The van der Waals surface area contributed by atoms with E-state index in [2.05, 4.69) is 31.8 Å². The number of para-hydroxylation sites is 2. The highest BCUT2D eigenvalue weighted by molar-refractivity contribution is 5.64. The summed E-state index contributed by atoms with van der Waals surface area (Å²) in [4.78, 5) is 8.92. The maximum Gasteiger partial charge on any atom is 0.233 e. The highest BCUT2D eigenvalue weighted by Crippen LogP contribution is 2.20. The number of anilines is 4. The van der Waals surface area contributed by atoms with Crippen molar-refractivity contribution < 1.29 is 0 Å². The summed E-state index contributed by atoms with van der Waals surface area (Å²) in [5.41, 5.74) is 2.54. The summed E-state index contributed by atoms with van der Waals surface area (Å²) < 4.78 is 1.52. The van der Waals surface area contributed by atoms with Crippen LogP contribution in [0.2, 0.25) is 0 Å². The Morgan fingerprint density at radius 3 is 2.12 bits per heavy atom. The minimum Gasteiger partial charge on any atom is -0.324 e. The Kier molecular flexibility index (Phi) is 3.69. The Labute approximate surface area is 143 Å². The van der Waals surface area contributed by atoms with Crippen LogP contribution in [-0.2, 0) is 0 Å². The third kappa shape index (κ3) is 2.96. The van der Waals surface area contributed by atoms with Gasteiger partial charge in [-0.1, -0.05) is 36.4 Å². The molecule has 2 N–H and O–H groups in total. The van der Waals surface area contributed by atoms with Crippen LogP contribution in [0, 0.1) is 11.3 Å². The summed E-state index contributed by atoms with van der Waals surface area (Å²) in [6.07, 6.45) is 1.48. The Morgan fingerprint density at radius 2 is 1.48 bits per heavy atom. The van der Waals surface area contributed by atoms with Crippen molar-refractivity contribution in [1.82, 2.24) is 19.6 Å². The first-order valence-corrected chi connectivity index (χ1v) is 7.63. The molecule has 120 valence electrons. The van der Waals surface area contributed by atoms with Crippen molar-refractivity contribution >= 4 is 28.9 Å². The molecule has 7 nitrogen and oxygen atoms in total. The lowest BCUT2D eigenvalue weighted by atomic mass is 10.3. The van der Waals surface area contributed by atoms with Crippen LogP contribution in [-0.4, -0.2) is 19.6 Å². The van der Waals surface area contributed by atoms with Gasteiger partial charge in [-0.05, 0) is 24.3 Å². The van der Waals surface area contributed by atoms with Crippen molar-refractivity contribution in [1.29, 1.82) is 5.26 Å². The van der Waals surface area contributed by atoms with E-state index in [1.807, 2.05) is 60.7 Å². The van der Waals surface area contributed by atoms with E-state index in [0.29, 0.717) is 23.1 Å². The van der Waals surface area contributed by atoms with Gasteiger partial charge in [0.25, 0.3) is 0 Å². The van der Waals surface area contributed by atoms with Crippen LogP contribution in [0.25, 0.3) is 5.65 Å². The van der Waals surface area contributed by atoms with Crippen molar-refractivity contribution in [2.45, 2.75) is 0 Å². The molecule has 0 aliphatic carbocycles. The molecule has 25 heavy (non-hydrogen) atoms. The normalized spacial score (nSPS) is 10.4. The van der Waals surface area contributed by atoms with E-state index in [-0.39, 0.29) is 0 Å². The van der Waals surface area contributed by atoms with Gasteiger partial charge >= 0.3 is 0 Å². The quantitative estimate of drug-likeness (QED) is 0.596. The van der Waals surface area contributed by atoms with Gasteiger partial charge in [-0.2, -0.15) is 24.8 Å². The van der Waals surface area contributed by atoms with Crippen LogP contribution in [0.3, 0.4) is 0 Å². The fourth-order valence-electron chi connectivity index (χ4n) is 2.39. The molecule has 0 unspecified atom stereocenters. The van der Waals surface area contributed by atoms with Crippen LogP contribution in [0.1, 0.15) is 5.56 Å². The Hall–Kier alpha value is -3.92. The summed E-state index contributed by atoms with van der Waals surface area (Å²) >= 11 is 0. The van der Waals surface area contributed by atoms with Crippen LogP contribution in [0.5, 0.6) is 0 Å². The first-order chi connectivity index (χ1) is 12.3. The van der Waals surface area contributed by atoms with Gasteiger partial charge in [0.2, 0.25) is 11.9 Å². The molecule has 0 radical (unpaired) electrons. The van der Waals surface area contributed by atoms with Crippen LogP contribution in [0.4, 0.5) is 23.3 Å². The summed E-state index contributed by atoms with van der Waals surface area (Å²) in [5.74, 6) is 0.852. The lowest BCUT2D eigenvalue weighted by molar-refractivity contribution is 0.907. The van der Waals surface area contributed by atoms with Crippen LogP contribution in [0.15, 0.2) is 66.9 Å². The number of aromatic nitrogens is 4. The number of nitriles is 1. The van der Waals surface area contributed by atoms with Gasteiger partial charge in [-0.25, -0.2) is 0 Å². The van der Waals surface area contributed by atoms with Crippen molar-refractivity contribution in [3.63, 3.8) is 0 Å². The third-order valence-corrected chi connectivity index (χ3v) is 3.55. The van der Waals surface area contributed by atoms with E-state index in [4.69, 9.17) is 0 Å². The van der Waals surface area contributed by atoms with Gasteiger partial charge < -0.3 is 10.6 Å². The molecule has 0 aliphatic heterocycles. The molecule has 2 heterocycles. The predicted molar refractivity (Wildman–Crippen MR) is 94.9 cm³/mol. The van der Waals surface area contributed by atoms with Crippen molar-refractivity contribution in [2.24, 2.45) is 0 Å². The lowest BCUT2D eigenvalue weighted by Gasteiger charge is -2.10. The van der Waals surface area contributed by atoms with E-state index in [1.54, 1.807) is 0 Å². The largest absolute Gasteiger partial charge is 0.324 e. The second-order valence-electron chi connectivity index (χ2n) is 5.26. The number of benzene rings is 2. The molecule has 0 saturated carbocycles. The summed E-state index contributed by atoms with van der Waals surface area (Å²) in [6, 6.07) is 21.3. The molecule has 0 aliphatic rings. The number of nitrogens with zero attached hydrogens (tertiary/aromatic N) is 5. The molecule has 4 aromatic rings. The zero-order valence-electron chi connectivity index (χ0n) is 13.1. The zero-order chi connectivity index (χ0) is 17.1. The summed E-state index contributed by atoms with van der Waals surface area (Å²) in [7, 11) is 0. The van der Waals surface area contributed by atoms with Crippen molar-refractivity contribution in [3.8, 4) is 6.07 Å². The van der Waals surface area contributed by atoms with Gasteiger partial charge in [0.05, 0.1) is 6.20 Å². The molecule has 2 aromatic heterocycles. The van der Waals surface area contributed by atoms with E-state index >= 15 is 0 Å². The van der Waals surface area contributed by atoms with Crippen LogP contribution >= 0.6 is 0 Å². The van der Waals surface area contributed by atoms with Crippen LogP contribution < -0.4 is 10.6 Å². The molecule has 7 heteroatoms. The molecule has 0 spiro atoms. The molecule has 0 atom stereocenters. The molecular formula is C18H13N7. The molecule has 4 rings (SSSR count). The van der Waals surface area contributed by atoms with Crippen molar-refractivity contribution in [2.75, 3.05) is 10.6 Å². The standard InChI is InChI=1S/C18H13N7/c19-11-13-12-20-25-16(13)23-17(21-14-7-3-1-4-8-14)24-18(25)22-15-9-5-2-6-10-15/h1-10,12H,(H2,21,22,23,24). The average Bonchev–Trinajstić information content (AvgIpc) is 3.07. The first-order valence-electron chi connectivity index (χ1n) is 7.63. The fourth-order valence-corrected chi connectivity index (χ4v) is 2.39. The minimum atomic E-state index is 0.383. The maximum absolute atomic E-state index is 9.28. The first kappa shape index (κ1) is 14.7. The van der Waals surface area contributed by atoms with E-state index in [0.717, 1.165) is 11.4 Å². The van der Waals surface area contributed by atoms with Gasteiger partial charge in [0.15, 0.2) is 5.65 Å². The maximum atomic E-state index is 9.28. The molecule has 2 aromatic carbocycles. The van der Waals surface area contributed by atoms with E-state index in [9.17, 15) is 5.26 Å². The Morgan fingerprint density at radius 1 is 0.840 bits per heavy atom. The second-order valence-corrected chi connectivity index (χ2v) is 5.26. The monoisotopic (exact) mass is 327 g/mol. The molecule has 0 amide bonds. The number of rotatable bonds is 4. The van der Waals surface area contributed by atoms with Gasteiger partial charge in [-0.3, -0.25) is 0 Å². The Balaban J connectivity index is 1.80. The van der Waals surface area contributed by atoms with Gasteiger partial charge in [0.1, 0.15) is 11.6 Å². The predicted octanol–water partition coefficient (Wildman–Crippen LogP) is 3.48. The lowest BCUT2D eigenvalue weighted by Crippen LogP contribution is -2.08. The molecule has 0 bridgehead atoms. The topological polar surface area (TPSA) is 90.9 Å². The van der Waals surface area contributed by atoms with E-state index in [1.165, 1.54) is 10.7 Å². The average molecular weight is 327 g/mol. The zero-order valence-corrected chi connectivity index (χ0v) is 13.1. The Bertz CT molecular complexity index is 1050. The summed E-state index contributed by atoms with van der Waals surface area (Å²) in [5, 5.41) is 19.9. The summed E-state index contributed by atoms with van der Waals surface area (Å²) in [6.45, 7) is 0.